The van der Waals surface area contributed by atoms with Crippen molar-refractivity contribution >= 4 is 32.2 Å². The van der Waals surface area contributed by atoms with E-state index in [9.17, 15) is 13.2 Å². The van der Waals surface area contributed by atoms with Crippen LogP contribution in [0.4, 0.5) is 4.79 Å². The minimum atomic E-state index is -3.80. The van der Waals surface area contributed by atoms with E-state index >= 15 is 0 Å². The van der Waals surface area contributed by atoms with E-state index < -0.39 is 16.3 Å². The molecule has 0 aliphatic carbocycles. The van der Waals surface area contributed by atoms with Crippen LogP contribution in [0.5, 0.6) is 0 Å². The molecule has 0 aromatic heterocycles. The quantitative estimate of drug-likeness (QED) is 0.788. The second kappa shape index (κ2) is 6.21. The second-order valence-corrected chi connectivity index (χ2v) is 7.55. The van der Waals surface area contributed by atoms with E-state index in [1.165, 1.54) is 4.31 Å². The molecule has 0 aromatic carbocycles. The Hall–Kier alpha value is -0.340. The molecule has 1 N–H and O–H groups in total. The Balaban J connectivity index is 2.61. The second-order valence-electron chi connectivity index (χ2n) is 4.70. The first kappa shape index (κ1) is 15.7. The van der Waals surface area contributed by atoms with Crippen LogP contribution in [0, 0.1) is 5.92 Å². The maximum Gasteiger partial charge on any atom is 0.422 e. The van der Waals surface area contributed by atoms with E-state index in [-0.39, 0.29) is 12.0 Å². The lowest BCUT2D eigenvalue weighted by Gasteiger charge is -2.33. The van der Waals surface area contributed by atoms with Gasteiger partial charge in [0, 0.05) is 17.9 Å². The average molecular weight is 343 g/mol. The lowest BCUT2D eigenvalue weighted by atomic mass is 10.0. The topological polar surface area (TPSA) is 75.7 Å². The number of rotatable bonds is 3. The molecule has 0 aromatic rings. The van der Waals surface area contributed by atoms with Crippen LogP contribution in [0.1, 0.15) is 27.2 Å². The number of hydrogen-bond acceptors (Lipinski definition) is 4. The van der Waals surface area contributed by atoms with E-state index in [0.29, 0.717) is 17.9 Å². The number of halogens is 1. The van der Waals surface area contributed by atoms with E-state index in [1.54, 1.807) is 13.8 Å². The van der Waals surface area contributed by atoms with Crippen molar-refractivity contribution in [2.24, 2.45) is 5.92 Å². The zero-order valence-electron chi connectivity index (χ0n) is 10.7. The van der Waals surface area contributed by atoms with Crippen molar-refractivity contribution in [1.29, 1.82) is 0 Å². The highest BCUT2D eigenvalue weighted by Crippen LogP contribution is 2.24. The van der Waals surface area contributed by atoms with Gasteiger partial charge in [-0.05, 0) is 26.2 Å². The van der Waals surface area contributed by atoms with Gasteiger partial charge in [-0.1, -0.05) is 22.9 Å². The molecule has 18 heavy (non-hydrogen) atoms. The molecule has 1 aliphatic rings. The van der Waals surface area contributed by atoms with Gasteiger partial charge in [0.1, 0.15) is 0 Å². The van der Waals surface area contributed by atoms with Gasteiger partial charge in [-0.3, -0.25) is 0 Å². The molecule has 106 valence electrons. The third-order valence-corrected chi connectivity index (χ3v) is 5.45. The molecule has 0 radical (unpaired) electrons. The summed E-state index contributed by atoms with van der Waals surface area (Å²) < 4.78 is 31.8. The summed E-state index contributed by atoms with van der Waals surface area (Å²) in [5, 5.41) is 0. The van der Waals surface area contributed by atoms with Crippen LogP contribution in [-0.4, -0.2) is 42.8 Å². The molecule has 1 heterocycles. The van der Waals surface area contributed by atoms with E-state index in [1.807, 2.05) is 11.6 Å². The SMILES string of the molecule is CC(C)OC(=O)NS(=O)(=O)N1CCC(Br)C(C)C1. The summed E-state index contributed by atoms with van der Waals surface area (Å²) in [4.78, 5) is 11.6. The van der Waals surface area contributed by atoms with Gasteiger partial charge in [0.2, 0.25) is 0 Å². The number of hydrogen-bond donors (Lipinski definition) is 1. The minimum absolute atomic E-state index is 0.205. The molecule has 8 heteroatoms. The lowest BCUT2D eigenvalue weighted by Crippen LogP contribution is -2.49. The molecule has 2 atom stereocenters. The van der Waals surface area contributed by atoms with Crippen LogP contribution in [0.2, 0.25) is 0 Å². The predicted molar refractivity (Wildman–Crippen MR) is 71.7 cm³/mol. The molecule has 2 unspecified atom stereocenters. The van der Waals surface area contributed by atoms with E-state index in [2.05, 4.69) is 15.9 Å². The Morgan fingerprint density at radius 1 is 1.50 bits per heavy atom. The van der Waals surface area contributed by atoms with Crippen molar-refractivity contribution in [3.8, 4) is 0 Å². The maximum absolute atomic E-state index is 11.9. The summed E-state index contributed by atoms with van der Waals surface area (Å²) in [6.07, 6.45) is -0.563. The van der Waals surface area contributed by atoms with Gasteiger partial charge < -0.3 is 4.74 Å². The summed E-state index contributed by atoms with van der Waals surface area (Å²) in [6.45, 7) is 6.06. The van der Waals surface area contributed by atoms with Crippen LogP contribution in [-0.2, 0) is 14.9 Å². The highest BCUT2D eigenvalue weighted by atomic mass is 79.9. The normalized spacial score (nSPS) is 26.1. The Kier molecular flexibility index (Phi) is 5.42. The molecule has 0 saturated carbocycles. The summed E-state index contributed by atoms with van der Waals surface area (Å²) in [7, 11) is -3.80. The maximum atomic E-state index is 11.9. The zero-order chi connectivity index (χ0) is 13.9. The van der Waals surface area contributed by atoms with Gasteiger partial charge >= 0.3 is 16.3 Å². The molecule has 6 nitrogen and oxygen atoms in total. The average Bonchev–Trinajstić information content (AvgIpc) is 2.19. The summed E-state index contributed by atoms with van der Waals surface area (Å²) >= 11 is 3.50. The largest absolute Gasteiger partial charge is 0.446 e. The highest BCUT2D eigenvalue weighted by Gasteiger charge is 2.32. The number of nitrogens with zero attached hydrogens (tertiary/aromatic N) is 1. The number of alkyl halides is 1. The van der Waals surface area contributed by atoms with Crippen molar-refractivity contribution in [2.45, 2.75) is 38.1 Å². The minimum Gasteiger partial charge on any atom is -0.446 e. The van der Waals surface area contributed by atoms with E-state index in [4.69, 9.17) is 4.74 Å². The Bertz CT molecular complexity index is 399. The standard InChI is InChI=1S/C10H19BrN2O4S/c1-7(2)17-10(14)12-18(15,16)13-5-4-9(11)8(3)6-13/h7-9H,4-6H2,1-3H3,(H,12,14). The molecule has 0 bridgehead atoms. The van der Waals surface area contributed by atoms with Crippen molar-refractivity contribution in [3.05, 3.63) is 0 Å². The van der Waals surface area contributed by atoms with Gasteiger partial charge in [-0.25, -0.2) is 9.52 Å². The molecule has 1 saturated heterocycles. The van der Waals surface area contributed by atoms with E-state index in [0.717, 1.165) is 6.42 Å². The number of nitrogens with one attached hydrogen (secondary N) is 1. The molecule has 1 amide bonds. The monoisotopic (exact) mass is 342 g/mol. The van der Waals surface area contributed by atoms with Crippen molar-refractivity contribution in [3.63, 3.8) is 0 Å². The molecular weight excluding hydrogens is 324 g/mol. The Morgan fingerprint density at radius 3 is 2.61 bits per heavy atom. The molecular formula is C10H19BrN2O4S. The van der Waals surface area contributed by atoms with Crippen LogP contribution in [0.25, 0.3) is 0 Å². The first-order valence-electron chi connectivity index (χ1n) is 5.85. The number of carbonyl (C=O) groups is 1. The van der Waals surface area contributed by atoms with Gasteiger partial charge in [0.05, 0.1) is 6.10 Å². The van der Waals surface area contributed by atoms with Gasteiger partial charge in [0.15, 0.2) is 0 Å². The third kappa shape index (κ3) is 4.40. The molecule has 1 aliphatic heterocycles. The summed E-state index contributed by atoms with van der Waals surface area (Å²) in [5.41, 5.74) is 0. The number of ether oxygens (including phenoxy) is 1. The van der Waals surface area contributed by atoms with Crippen LogP contribution >= 0.6 is 15.9 Å². The third-order valence-electron chi connectivity index (χ3n) is 2.66. The van der Waals surface area contributed by atoms with Crippen LogP contribution in [0.15, 0.2) is 0 Å². The zero-order valence-corrected chi connectivity index (χ0v) is 13.1. The number of amides is 1. The number of piperidine rings is 1. The molecule has 1 rings (SSSR count). The smallest absolute Gasteiger partial charge is 0.422 e. The molecule has 0 spiro atoms. The van der Waals surface area contributed by atoms with Crippen molar-refractivity contribution < 1.29 is 17.9 Å². The van der Waals surface area contributed by atoms with Crippen LogP contribution in [0.3, 0.4) is 0 Å². The first-order chi connectivity index (χ1) is 8.22. The van der Waals surface area contributed by atoms with Gasteiger partial charge in [0.25, 0.3) is 0 Å². The van der Waals surface area contributed by atoms with Crippen LogP contribution < -0.4 is 4.72 Å². The first-order valence-corrected chi connectivity index (χ1v) is 8.20. The Labute approximate surface area is 116 Å². The highest BCUT2D eigenvalue weighted by molar-refractivity contribution is 9.09. The number of carbonyl (C=O) groups excluding carboxylic acids is 1. The Morgan fingerprint density at radius 2 is 2.11 bits per heavy atom. The van der Waals surface area contributed by atoms with Gasteiger partial charge in [-0.15, -0.1) is 0 Å². The predicted octanol–water partition coefficient (Wildman–Crippen LogP) is 1.47. The molecule has 1 fully saturated rings. The summed E-state index contributed by atoms with van der Waals surface area (Å²) in [6, 6.07) is 0. The van der Waals surface area contributed by atoms with Crippen molar-refractivity contribution in [2.75, 3.05) is 13.1 Å². The fraction of sp³-hybridized carbons (Fsp3) is 0.900. The van der Waals surface area contributed by atoms with Crippen molar-refractivity contribution in [1.82, 2.24) is 9.03 Å². The summed E-state index contributed by atoms with van der Waals surface area (Å²) in [5.74, 6) is 0.205. The fourth-order valence-corrected chi connectivity index (χ4v) is 3.24. The fourth-order valence-electron chi connectivity index (χ4n) is 1.71. The van der Waals surface area contributed by atoms with Gasteiger partial charge in [-0.2, -0.15) is 12.7 Å². The lowest BCUT2D eigenvalue weighted by molar-refractivity contribution is 0.120.